The van der Waals surface area contributed by atoms with Crippen molar-refractivity contribution in [3.63, 3.8) is 0 Å². The van der Waals surface area contributed by atoms with E-state index in [1.807, 2.05) is 4.90 Å². The van der Waals surface area contributed by atoms with Gasteiger partial charge >= 0.3 is 0 Å². The normalized spacial score (nSPS) is 25.5. The van der Waals surface area contributed by atoms with Crippen molar-refractivity contribution in [1.82, 2.24) is 14.9 Å². The maximum Gasteiger partial charge on any atom is 0.225 e. The van der Waals surface area contributed by atoms with E-state index < -0.39 is 0 Å². The lowest BCUT2D eigenvalue weighted by molar-refractivity contribution is 0.122. The predicted octanol–water partition coefficient (Wildman–Crippen LogP) is 2.91. The van der Waals surface area contributed by atoms with Crippen molar-refractivity contribution < 1.29 is 9.13 Å². The maximum atomic E-state index is 14.2. The van der Waals surface area contributed by atoms with Crippen LogP contribution in [0.3, 0.4) is 0 Å². The monoisotopic (exact) mass is 377 g/mol. The summed E-state index contributed by atoms with van der Waals surface area (Å²) >= 11 is 0. The van der Waals surface area contributed by atoms with Crippen molar-refractivity contribution in [2.45, 2.75) is 51.0 Å². The van der Waals surface area contributed by atoms with E-state index in [9.17, 15) is 4.39 Å². The SMILES string of the molecule is Fc1cnc(N[C@H]2CCCN(CC3CCCCC3)C2)nc1N1CCOCC1. The van der Waals surface area contributed by atoms with Crippen LogP contribution in [0.25, 0.3) is 0 Å². The number of ether oxygens (including phenoxy) is 1. The van der Waals surface area contributed by atoms with Crippen LogP contribution in [0.5, 0.6) is 0 Å². The Morgan fingerprint density at radius 2 is 1.89 bits per heavy atom. The lowest BCUT2D eigenvalue weighted by atomic mass is 9.88. The molecule has 2 saturated heterocycles. The predicted molar refractivity (Wildman–Crippen MR) is 105 cm³/mol. The number of hydrogen-bond donors (Lipinski definition) is 1. The topological polar surface area (TPSA) is 53.5 Å². The van der Waals surface area contributed by atoms with E-state index in [1.165, 1.54) is 57.8 Å². The van der Waals surface area contributed by atoms with E-state index >= 15 is 0 Å². The highest BCUT2D eigenvalue weighted by atomic mass is 19.1. The molecule has 0 radical (unpaired) electrons. The summed E-state index contributed by atoms with van der Waals surface area (Å²) in [5.41, 5.74) is 0. The zero-order valence-electron chi connectivity index (χ0n) is 16.2. The molecular formula is C20H32FN5O. The Morgan fingerprint density at radius 1 is 1.07 bits per heavy atom. The molecule has 0 amide bonds. The number of nitrogens with zero attached hydrogens (tertiary/aromatic N) is 4. The molecule has 27 heavy (non-hydrogen) atoms. The van der Waals surface area contributed by atoms with Gasteiger partial charge in [0.25, 0.3) is 0 Å². The van der Waals surface area contributed by atoms with Crippen LogP contribution in [0.2, 0.25) is 0 Å². The second-order valence-corrected chi connectivity index (χ2v) is 8.21. The molecule has 1 aromatic heterocycles. The van der Waals surface area contributed by atoms with Gasteiger partial charge in [0, 0.05) is 32.2 Å². The molecule has 150 valence electrons. The van der Waals surface area contributed by atoms with Crippen LogP contribution in [0.1, 0.15) is 44.9 Å². The van der Waals surface area contributed by atoms with E-state index in [4.69, 9.17) is 4.74 Å². The summed E-state index contributed by atoms with van der Waals surface area (Å²) in [6.07, 6.45) is 10.6. The van der Waals surface area contributed by atoms with Crippen molar-refractivity contribution in [3.05, 3.63) is 12.0 Å². The summed E-state index contributed by atoms with van der Waals surface area (Å²) < 4.78 is 19.6. The second kappa shape index (κ2) is 9.15. The molecule has 2 aliphatic heterocycles. The van der Waals surface area contributed by atoms with Crippen LogP contribution >= 0.6 is 0 Å². The fourth-order valence-corrected chi connectivity index (χ4v) is 4.68. The minimum absolute atomic E-state index is 0.338. The van der Waals surface area contributed by atoms with Crippen LogP contribution in [-0.4, -0.2) is 66.8 Å². The average Bonchev–Trinajstić information content (AvgIpc) is 2.71. The summed E-state index contributed by atoms with van der Waals surface area (Å²) in [5.74, 6) is 1.45. The van der Waals surface area contributed by atoms with Gasteiger partial charge in [0.2, 0.25) is 5.95 Å². The molecule has 1 aromatic rings. The molecule has 4 rings (SSSR count). The highest BCUT2D eigenvalue weighted by molar-refractivity contribution is 5.44. The Kier molecular flexibility index (Phi) is 6.39. The van der Waals surface area contributed by atoms with Gasteiger partial charge in [0.05, 0.1) is 19.4 Å². The van der Waals surface area contributed by atoms with Crippen LogP contribution in [-0.2, 0) is 4.74 Å². The highest BCUT2D eigenvalue weighted by Crippen LogP contribution is 2.26. The lowest BCUT2D eigenvalue weighted by Gasteiger charge is -2.36. The zero-order valence-corrected chi connectivity index (χ0v) is 16.2. The fraction of sp³-hybridized carbons (Fsp3) is 0.800. The molecule has 1 atom stereocenters. The lowest BCUT2D eigenvalue weighted by Crippen LogP contribution is -2.44. The molecule has 0 bridgehead atoms. The van der Waals surface area contributed by atoms with Crippen molar-refractivity contribution in [1.29, 1.82) is 0 Å². The van der Waals surface area contributed by atoms with E-state index in [2.05, 4.69) is 20.2 Å². The average molecular weight is 378 g/mol. The third-order valence-electron chi connectivity index (χ3n) is 6.12. The molecule has 3 fully saturated rings. The number of aromatic nitrogens is 2. The summed E-state index contributed by atoms with van der Waals surface area (Å²) in [5, 5.41) is 3.47. The number of morpholine rings is 1. The van der Waals surface area contributed by atoms with Crippen LogP contribution in [0.4, 0.5) is 16.2 Å². The molecule has 3 aliphatic rings. The van der Waals surface area contributed by atoms with Gasteiger partial charge in [-0.25, -0.2) is 9.37 Å². The fourth-order valence-electron chi connectivity index (χ4n) is 4.68. The van der Waals surface area contributed by atoms with E-state index in [1.54, 1.807) is 0 Å². The standard InChI is InChI=1S/C20H32FN5O/c21-18-13-22-20(24-19(18)26-9-11-27-12-10-26)23-17-7-4-8-25(15-17)14-16-5-2-1-3-6-16/h13,16-17H,1-12,14-15H2,(H,22,23,24)/t17-/m0/s1. The number of likely N-dealkylation sites (tertiary alicyclic amines) is 1. The minimum atomic E-state index is -0.356. The van der Waals surface area contributed by atoms with Crippen molar-refractivity contribution >= 4 is 11.8 Å². The van der Waals surface area contributed by atoms with Gasteiger partial charge in [-0.2, -0.15) is 4.98 Å². The quantitative estimate of drug-likeness (QED) is 0.852. The molecule has 3 heterocycles. The maximum absolute atomic E-state index is 14.2. The molecule has 6 nitrogen and oxygen atoms in total. The summed E-state index contributed by atoms with van der Waals surface area (Å²) in [6, 6.07) is 0.338. The molecular weight excluding hydrogens is 345 g/mol. The number of rotatable bonds is 5. The Balaban J connectivity index is 1.35. The molecule has 1 N–H and O–H groups in total. The van der Waals surface area contributed by atoms with E-state index in [0.717, 1.165) is 18.9 Å². The van der Waals surface area contributed by atoms with Gasteiger partial charge in [0.15, 0.2) is 11.6 Å². The minimum Gasteiger partial charge on any atom is -0.378 e. The third-order valence-corrected chi connectivity index (χ3v) is 6.12. The van der Waals surface area contributed by atoms with Crippen LogP contribution < -0.4 is 10.2 Å². The van der Waals surface area contributed by atoms with E-state index in [-0.39, 0.29) is 5.82 Å². The Hall–Kier alpha value is -1.47. The molecule has 0 unspecified atom stereocenters. The number of halogens is 1. The zero-order chi connectivity index (χ0) is 18.5. The molecule has 1 aliphatic carbocycles. The van der Waals surface area contributed by atoms with E-state index in [0.29, 0.717) is 44.1 Å². The highest BCUT2D eigenvalue weighted by Gasteiger charge is 2.25. The van der Waals surface area contributed by atoms with Crippen LogP contribution in [0, 0.1) is 11.7 Å². The van der Waals surface area contributed by atoms with Crippen molar-refractivity contribution in [2.75, 3.05) is 56.2 Å². The third kappa shape index (κ3) is 5.08. The molecule has 0 aromatic carbocycles. The number of hydrogen-bond acceptors (Lipinski definition) is 6. The number of piperidine rings is 1. The van der Waals surface area contributed by atoms with Gasteiger partial charge in [0.1, 0.15) is 0 Å². The van der Waals surface area contributed by atoms with Gasteiger partial charge in [-0.15, -0.1) is 0 Å². The van der Waals surface area contributed by atoms with Crippen molar-refractivity contribution in [3.8, 4) is 0 Å². The molecule has 0 spiro atoms. The smallest absolute Gasteiger partial charge is 0.225 e. The Morgan fingerprint density at radius 3 is 2.70 bits per heavy atom. The van der Waals surface area contributed by atoms with Crippen LogP contribution in [0.15, 0.2) is 6.20 Å². The summed E-state index contributed by atoms with van der Waals surface area (Å²) in [7, 11) is 0. The summed E-state index contributed by atoms with van der Waals surface area (Å²) in [6.45, 7) is 6.03. The first-order chi connectivity index (χ1) is 13.3. The largest absolute Gasteiger partial charge is 0.378 e. The van der Waals surface area contributed by atoms with Gasteiger partial charge < -0.3 is 19.9 Å². The number of nitrogens with one attached hydrogen (secondary N) is 1. The Bertz CT molecular complexity index is 604. The van der Waals surface area contributed by atoms with Gasteiger partial charge in [-0.05, 0) is 38.1 Å². The summed E-state index contributed by atoms with van der Waals surface area (Å²) in [4.78, 5) is 13.2. The first-order valence-corrected chi connectivity index (χ1v) is 10.6. The molecule has 7 heteroatoms. The number of anilines is 2. The first kappa shape index (κ1) is 18.9. The van der Waals surface area contributed by atoms with Gasteiger partial charge in [-0.1, -0.05) is 19.3 Å². The Labute approximate surface area is 161 Å². The second-order valence-electron chi connectivity index (χ2n) is 8.21. The van der Waals surface area contributed by atoms with Crippen molar-refractivity contribution in [2.24, 2.45) is 5.92 Å². The first-order valence-electron chi connectivity index (χ1n) is 10.6. The molecule has 1 saturated carbocycles. The van der Waals surface area contributed by atoms with Gasteiger partial charge in [-0.3, -0.25) is 0 Å².